The van der Waals surface area contributed by atoms with Crippen LogP contribution in [0, 0.1) is 0 Å². The molecule has 124 valence electrons. The number of carbonyl (C=O) groups is 3. The van der Waals surface area contributed by atoms with Crippen LogP contribution in [0.5, 0.6) is 0 Å². The number of carbonyl (C=O) groups excluding carboxylic acids is 3. The Morgan fingerprint density at radius 2 is 1.83 bits per heavy atom. The second kappa shape index (κ2) is 8.03. The lowest BCUT2D eigenvalue weighted by Gasteiger charge is -2.05. The number of hydrogen-bond acceptors (Lipinski definition) is 7. The first-order valence-corrected chi connectivity index (χ1v) is 6.90. The Kier molecular flexibility index (Phi) is 6.39. The molecular weight excluding hydrogens is 326 g/mol. The van der Waals surface area contributed by atoms with E-state index < -0.39 is 17.8 Å². The molecule has 1 rings (SSSR count). The van der Waals surface area contributed by atoms with Crippen molar-refractivity contribution in [1.82, 2.24) is 15.3 Å². The second-order valence-corrected chi connectivity index (χ2v) is 4.73. The third kappa shape index (κ3) is 5.51. The van der Waals surface area contributed by atoms with Crippen LogP contribution in [0.4, 0.5) is 11.6 Å². The molecule has 23 heavy (non-hydrogen) atoms. The number of nitrogens with zero attached hydrogens (tertiary/aromatic N) is 3. The lowest BCUT2D eigenvalue weighted by molar-refractivity contribution is -0.124. The summed E-state index contributed by atoms with van der Waals surface area (Å²) in [6.45, 7) is 1.69. The Balaban J connectivity index is 2.74. The molecule has 0 fully saturated rings. The lowest BCUT2D eigenvalue weighted by Crippen LogP contribution is -2.37. The van der Waals surface area contributed by atoms with Gasteiger partial charge >= 0.3 is 5.91 Å². The van der Waals surface area contributed by atoms with Crippen molar-refractivity contribution in [3.63, 3.8) is 0 Å². The van der Waals surface area contributed by atoms with Crippen LogP contribution in [0.1, 0.15) is 36.7 Å². The second-order valence-electron chi connectivity index (χ2n) is 4.38. The van der Waals surface area contributed by atoms with Crippen LogP contribution in [0.15, 0.2) is 4.99 Å². The number of nitrogens with one attached hydrogen (secondary N) is 1. The van der Waals surface area contributed by atoms with E-state index in [1.165, 1.54) is 0 Å². The van der Waals surface area contributed by atoms with E-state index in [4.69, 9.17) is 28.8 Å². The van der Waals surface area contributed by atoms with E-state index in [9.17, 15) is 14.4 Å². The fraction of sp³-hybridized carbons (Fsp3) is 0.333. The minimum absolute atomic E-state index is 0.0628. The van der Waals surface area contributed by atoms with Crippen molar-refractivity contribution in [2.75, 3.05) is 11.5 Å². The zero-order valence-corrected chi connectivity index (χ0v) is 13.1. The highest BCUT2D eigenvalue weighted by atomic mass is 35.5. The van der Waals surface area contributed by atoms with Gasteiger partial charge in [0, 0.05) is 19.3 Å². The van der Waals surface area contributed by atoms with Gasteiger partial charge < -0.3 is 17.2 Å². The van der Waals surface area contributed by atoms with E-state index in [2.05, 4.69) is 20.3 Å². The van der Waals surface area contributed by atoms with Crippen LogP contribution in [-0.2, 0) is 9.59 Å². The number of guanidine groups is 1. The summed E-state index contributed by atoms with van der Waals surface area (Å²) in [5, 5.41) is 1.96. The molecule has 7 N–H and O–H groups in total. The van der Waals surface area contributed by atoms with E-state index in [1.807, 2.05) is 0 Å². The minimum Gasteiger partial charge on any atom is -0.382 e. The summed E-state index contributed by atoms with van der Waals surface area (Å²) in [6.07, 6.45) is 0.355. The number of anilines is 2. The number of nitrogens with two attached hydrogens (primary N) is 3. The van der Waals surface area contributed by atoms with Crippen LogP contribution in [0.25, 0.3) is 0 Å². The number of amides is 2. The van der Waals surface area contributed by atoms with Crippen LogP contribution in [0.2, 0.25) is 5.15 Å². The van der Waals surface area contributed by atoms with E-state index in [0.717, 1.165) is 0 Å². The molecule has 0 bridgehead atoms. The highest BCUT2D eigenvalue weighted by molar-refractivity contribution is 6.31. The molecule has 0 aromatic carbocycles. The monoisotopic (exact) mass is 341 g/mol. The molecule has 1 heterocycles. The van der Waals surface area contributed by atoms with Gasteiger partial charge in [-0.2, -0.15) is 4.99 Å². The molecule has 1 aromatic heterocycles. The Labute approximate surface area is 136 Å². The SMILES string of the molecule is CCC(=O)CCC(=O)NC(N)=NC(=O)c1nc(Cl)c(N)nc1N. The van der Waals surface area contributed by atoms with Crippen LogP contribution >= 0.6 is 11.6 Å². The number of aromatic nitrogens is 2. The van der Waals surface area contributed by atoms with Crippen molar-refractivity contribution < 1.29 is 14.4 Å². The Morgan fingerprint density at radius 1 is 1.17 bits per heavy atom. The summed E-state index contributed by atoms with van der Waals surface area (Å²) < 4.78 is 0. The lowest BCUT2D eigenvalue weighted by atomic mass is 10.2. The molecule has 0 radical (unpaired) electrons. The van der Waals surface area contributed by atoms with Gasteiger partial charge in [0.1, 0.15) is 5.78 Å². The first-order chi connectivity index (χ1) is 10.7. The number of halogens is 1. The third-order valence-electron chi connectivity index (χ3n) is 2.62. The normalized spacial score (nSPS) is 11.1. The predicted octanol–water partition coefficient (Wildman–Crippen LogP) is -0.375. The molecule has 0 saturated carbocycles. The Morgan fingerprint density at radius 3 is 2.43 bits per heavy atom. The summed E-state index contributed by atoms with van der Waals surface area (Å²) in [5.41, 5.74) is 16.0. The van der Waals surface area contributed by atoms with E-state index in [0.29, 0.717) is 6.42 Å². The molecule has 0 spiro atoms. The number of rotatable bonds is 5. The van der Waals surface area contributed by atoms with E-state index in [1.54, 1.807) is 6.92 Å². The van der Waals surface area contributed by atoms with Gasteiger partial charge in [0.05, 0.1) is 0 Å². The van der Waals surface area contributed by atoms with Gasteiger partial charge in [-0.25, -0.2) is 9.97 Å². The van der Waals surface area contributed by atoms with E-state index >= 15 is 0 Å². The highest BCUT2D eigenvalue weighted by Gasteiger charge is 2.16. The maximum Gasteiger partial charge on any atom is 0.302 e. The molecule has 0 aliphatic rings. The molecule has 11 heteroatoms. The molecule has 0 unspecified atom stereocenters. The summed E-state index contributed by atoms with van der Waals surface area (Å²) in [6, 6.07) is 0. The predicted molar refractivity (Wildman–Crippen MR) is 84.5 cm³/mol. The Hall–Kier alpha value is -2.75. The maximum absolute atomic E-state index is 11.9. The van der Waals surface area contributed by atoms with Crippen LogP contribution < -0.4 is 22.5 Å². The van der Waals surface area contributed by atoms with Gasteiger partial charge in [-0.3, -0.25) is 19.7 Å². The summed E-state index contributed by atoms with van der Waals surface area (Å²) in [7, 11) is 0. The fourth-order valence-electron chi connectivity index (χ4n) is 1.42. The largest absolute Gasteiger partial charge is 0.382 e. The smallest absolute Gasteiger partial charge is 0.302 e. The first kappa shape index (κ1) is 18.3. The maximum atomic E-state index is 11.9. The van der Waals surface area contributed by atoms with Crippen LogP contribution in [0.3, 0.4) is 0 Å². The average molecular weight is 342 g/mol. The summed E-state index contributed by atoms with van der Waals surface area (Å²) >= 11 is 5.65. The highest BCUT2D eigenvalue weighted by Crippen LogP contribution is 2.17. The molecule has 2 amide bonds. The number of aliphatic imine (C=N–C) groups is 1. The molecule has 0 saturated heterocycles. The first-order valence-electron chi connectivity index (χ1n) is 6.53. The van der Waals surface area contributed by atoms with Crippen molar-refractivity contribution in [2.24, 2.45) is 10.7 Å². The molecule has 0 aliphatic heterocycles. The zero-order valence-electron chi connectivity index (χ0n) is 12.3. The van der Waals surface area contributed by atoms with Gasteiger partial charge in [0.2, 0.25) is 11.9 Å². The van der Waals surface area contributed by atoms with Gasteiger partial charge in [-0.05, 0) is 0 Å². The third-order valence-corrected chi connectivity index (χ3v) is 2.90. The quantitative estimate of drug-likeness (QED) is 0.413. The minimum atomic E-state index is -0.945. The van der Waals surface area contributed by atoms with E-state index in [-0.39, 0.29) is 41.1 Å². The van der Waals surface area contributed by atoms with Crippen molar-refractivity contribution in [2.45, 2.75) is 26.2 Å². The van der Waals surface area contributed by atoms with Gasteiger partial charge in [-0.15, -0.1) is 0 Å². The average Bonchev–Trinajstić information content (AvgIpc) is 2.48. The summed E-state index contributed by atoms with van der Waals surface area (Å²) in [5.74, 6) is -2.42. The summed E-state index contributed by atoms with van der Waals surface area (Å²) in [4.78, 5) is 45.2. The number of ketones is 1. The van der Waals surface area contributed by atoms with Crippen molar-refractivity contribution in [3.05, 3.63) is 10.8 Å². The molecule has 0 atom stereocenters. The van der Waals surface area contributed by atoms with Gasteiger partial charge in [0.25, 0.3) is 0 Å². The molecular formula is C12H16ClN7O3. The standard InChI is InChI=1S/C12H16ClN7O3/c1-2-5(21)3-4-6(22)17-12(16)20-11(23)7-9(14)19-10(15)8(13)18-7/h2-4H2,1H3,(H4,14,15,19)(H3,16,17,20,22,23). The zero-order chi connectivity index (χ0) is 17.6. The molecule has 10 nitrogen and oxygen atoms in total. The van der Waals surface area contributed by atoms with Gasteiger partial charge in [-0.1, -0.05) is 18.5 Å². The van der Waals surface area contributed by atoms with Gasteiger partial charge in [0.15, 0.2) is 22.5 Å². The van der Waals surface area contributed by atoms with Crippen molar-refractivity contribution in [3.8, 4) is 0 Å². The molecule has 1 aromatic rings. The van der Waals surface area contributed by atoms with Crippen LogP contribution in [-0.4, -0.2) is 33.5 Å². The fourth-order valence-corrected chi connectivity index (χ4v) is 1.55. The number of Topliss-reactive ketones (excluding diaryl/α,β-unsaturated/α-hetero) is 1. The Bertz CT molecular complexity index is 675. The number of hydrogen-bond donors (Lipinski definition) is 4. The molecule has 0 aliphatic carbocycles. The topological polar surface area (TPSA) is 179 Å². The van der Waals surface area contributed by atoms with Crippen molar-refractivity contribution in [1.29, 1.82) is 0 Å². The number of nitrogen functional groups attached to an aromatic ring is 2. The van der Waals surface area contributed by atoms with Crippen molar-refractivity contribution >= 4 is 46.8 Å².